The van der Waals surface area contributed by atoms with E-state index in [-0.39, 0.29) is 24.0 Å². The molecule has 0 radical (unpaired) electrons. The highest BCUT2D eigenvalue weighted by Gasteiger charge is 2.16. The van der Waals surface area contributed by atoms with Gasteiger partial charge >= 0.3 is 0 Å². The van der Waals surface area contributed by atoms with Crippen LogP contribution in [0.15, 0.2) is 36.4 Å². The van der Waals surface area contributed by atoms with Crippen molar-refractivity contribution in [3.63, 3.8) is 0 Å². The predicted molar refractivity (Wildman–Crippen MR) is 68.1 cm³/mol. The van der Waals surface area contributed by atoms with Crippen LogP contribution in [0.5, 0.6) is 0 Å². The van der Waals surface area contributed by atoms with Gasteiger partial charge in [0.15, 0.2) is 0 Å². The fourth-order valence-electron chi connectivity index (χ4n) is 2.05. The molecular weight excluding hydrogens is 270 g/mol. The summed E-state index contributed by atoms with van der Waals surface area (Å²) in [5.41, 5.74) is 5.41. The van der Waals surface area contributed by atoms with Crippen LogP contribution in [0.4, 0.5) is 17.6 Å². The molecule has 2 aromatic rings. The summed E-state index contributed by atoms with van der Waals surface area (Å²) in [5, 5.41) is 0. The number of benzene rings is 2. The van der Waals surface area contributed by atoms with Gasteiger partial charge in [-0.15, -0.1) is 0 Å². The Morgan fingerprint density at radius 2 is 1.00 bits per heavy atom. The molecule has 20 heavy (non-hydrogen) atoms. The highest BCUT2D eigenvalue weighted by molar-refractivity contribution is 5.24. The minimum Gasteiger partial charge on any atom is -0.327 e. The van der Waals surface area contributed by atoms with Crippen LogP contribution in [0.1, 0.15) is 11.1 Å². The quantitative estimate of drug-likeness (QED) is 0.856. The van der Waals surface area contributed by atoms with E-state index in [2.05, 4.69) is 0 Å². The van der Waals surface area contributed by atoms with Crippen LogP contribution >= 0.6 is 0 Å². The molecule has 1 nitrogen and oxygen atoms in total. The lowest BCUT2D eigenvalue weighted by Crippen LogP contribution is -2.27. The third kappa shape index (κ3) is 3.17. The summed E-state index contributed by atoms with van der Waals surface area (Å²) in [4.78, 5) is 0. The number of rotatable bonds is 4. The van der Waals surface area contributed by atoms with E-state index in [1.807, 2.05) is 0 Å². The van der Waals surface area contributed by atoms with Crippen molar-refractivity contribution in [2.45, 2.75) is 18.9 Å². The van der Waals surface area contributed by atoms with Crippen molar-refractivity contribution < 1.29 is 17.6 Å². The molecule has 0 aliphatic carbocycles. The Kier molecular flexibility index (Phi) is 4.39. The van der Waals surface area contributed by atoms with E-state index in [0.717, 1.165) is 24.3 Å². The van der Waals surface area contributed by atoms with Crippen molar-refractivity contribution in [3.8, 4) is 0 Å². The van der Waals surface area contributed by atoms with E-state index in [4.69, 9.17) is 5.73 Å². The van der Waals surface area contributed by atoms with Crippen molar-refractivity contribution in [3.05, 3.63) is 70.8 Å². The van der Waals surface area contributed by atoms with Crippen molar-refractivity contribution in [2.24, 2.45) is 5.73 Å². The van der Waals surface area contributed by atoms with Gasteiger partial charge in [0.2, 0.25) is 0 Å². The standard InChI is InChI=1S/C15H13F4N/c16-12-3-1-4-13(17)10(12)7-9(20)8-11-14(18)5-2-6-15(11)19/h1-6,9H,7-8,20H2. The molecule has 0 bridgehead atoms. The third-order valence-corrected chi connectivity index (χ3v) is 3.06. The molecular formula is C15H13F4N. The molecule has 2 N–H and O–H groups in total. The fraction of sp³-hybridized carbons (Fsp3) is 0.200. The van der Waals surface area contributed by atoms with Crippen LogP contribution < -0.4 is 5.73 Å². The lowest BCUT2D eigenvalue weighted by molar-refractivity contribution is 0.512. The highest BCUT2D eigenvalue weighted by Crippen LogP contribution is 2.18. The van der Waals surface area contributed by atoms with Gasteiger partial charge in [0.05, 0.1) is 0 Å². The molecule has 2 rings (SSSR count). The van der Waals surface area contributed by atoms with Gasteiger partial charge in [-0.1, -0.05) is 12.1 Å². The van der Waals surface area contributed by atoms with Crippen LogP contribution in [-0.2, 0) is 12.8 Å². The monoisotopic (exact) mass is 283 g/mol. The maximum atomic E-state index is 13.5. The van der Waals surface area contributed by atoms with Gasteiger partial charge in [-0.25, -0.2) is 17.6 Å². The molecule has 0 amide bonds. The van der Waals surface area contributed by atoms with Crippen LogP contribution in [0.3, 0.4) is 0 Å². The van der Waals surface area contributed by atoms with Crippen molar-refractivity contribution in [1.82, 2.24) is 0 Å². The Bertz CT molecular complexity index is 519. The van der Waals surface area contributed by atoms with Gasteiger partial charge in [-0.3, -0.25) is 0 Å². The van der Waals surface area contributed by atoms with E-state index in [1.165, 1.54) is 12.1 Å². The Hall–Kier alpha value is -1.88. The van der Waals surface area contributed by atoms with Crippen LogP contribution in [0.2, 0.25) is 0 Å². The summed E-state index contributed by atoms with van der Waals surface area (Å²) in [6.45, 7) is 0. The highest BCUT2D eigenvalue weighted by atomic mass is 19.1. The van der Waals surface area contributed by atoms with Gasteiger partial charge in [-0.05, 0) is 37.1 Å². The molecule has 0 aliphatic rings. The molecule has 0 atom stereocenters. The van der Waals surface area contributed by atoms with Crippen LogP contribution in [0, 0.1) is 23.3 Å². The molecule has 106 valence electrons. The largest absolute Gasteiger partial charge is 0.327 e. The molecule has 0 aromatic heterocycles. The minimum absolute atomic E-state index is 0.133. The number of halogens is 4. The normalized spacial score (nSPS) is 11.1. The molecule has 0 spiro atoms. The maximum absolute atomic E-state index is 13.5. The lowest BCUT2D eigenvalue weighted by atomic mass is 9.98. The zero-order valence-corrected chi connectivity index (χ0v) is 10.5. The number of hydrogen-bond acceptors (Lipinski definition) is 1. The molecule has 0 fully saturated rings. The second-order valence-electron chi connectivity index (χ2n) is 4.57. The van der Waals surface area contributed by atoms with Gasteiger partial charge in [-0.2, -0.15) is 0 Å². The second-order valence-corrected chi connectivity index (χ2v) is 4.57. The van der Waals surface area contributed by atoms with Gasteiger partial charge in [0.25, 0.3) is 0 Å². The number of nitrogens with two attached hydrogens (primary N) is 1. The molecule has 0 heterocycles. The van der Waals surface area contributed by atoms with E-state index in [0.29, 0.717) is 0 Å². The Morgan fingerprint density at radius 3 is 1.30 bits per heavy atom. The average molecular weight is 283 g/mol. The van der Waals surface area contributed by atoms with Crippen molar-refractivity contribution >= 4 is 0 Å². The van der Waals surface area contributed by atoms with Crippen LogP contribution in [0.25, 0.3) is 0 Å². The first-order chi connectivity index (χ1) is 9.49. The predicted octanol–water partition coefficient (Wildman–Crippen LogP) is 3.36. The van der Waals surface area contributed by atoms with Gasteiger partial charge in [0, 0.05) is 17.2 Å². The first-order valence-electron chi connectivity index (χ1n) is 6.10. The Balaban J connectivity index is 2.15. The summed E-state index contributed by atoms with van der Waals surface area (Å²) in [5.74, 6) is -2.85. The zero-order valence-electron chi connectivity index (χ0n) is 10.5. The zero-order chi connectivity index (χ0) is 14.7. The molecule has 0 saturated carbocycles. The molecule has 5 heteroatoms. The summed E-state index contributed by atoms with van der Waals surface area (Å²) < 4.78 is 53.9. The fourth-order valence-corrected chi connectivity index (χ4v) is 2.05. The Labute approximate surface area is 114 Å². The topological polar surface area (TPSA) is 26.0 Å². The second kappa shape index (κ2) is 6.05. The van der Waals surface area contributed by atoms with E-state index in [9.17, 15) is 17.6 Å². The van der Waals surface area contributed by atoms with Gasteiger partial charge in [0.1, 0.15) is 23.3 Å². The van der Waals surface area contributed by atoms with Gasteiger partial charge < -0.3 is 5.73 Å². The molecule has 0 saturated heterocycles. The van der Waals surface area contributed by atoms with Crippen molar-refractivity contribution in [1.29, 1.82) is 0 Å². The molecule has 2 aromatic carbocycles. The first kappa shape index (κ1) is 14.5. The maximum Gasteiger partial charge on any atom is 0.129 e. The minimum atomic E-state index is -0.784. The summed E-state index contributed by atoms with van der Waals surface area (Å²) >= 11 is 0. The smallest absolute Gasteiger partial charge is 0.129 e. The SMILES string of the molecule is NC(Cc1c(F)cccc1F)Cc1c(F)cccc1F. The van der Waals surface area contributed by atoms with E-state index < -0.39 is 29.3 Å². The van der Waals surface area contributed by atoms with Crippen LogP contribution in [-0.4, -0.2) is 6.04 Å². The molecule has 0 unspecified atom stereocenters. The Morgan fingerprint density at radius 1 is 0.700 bits per heavy atom. The summed E-state index contributed by atoms with van der Waals surface area (Å²) in [6.07, 6.45) is -0.265. The van der Waals surface area contributed by atoms with E-state index >= 15 is 0 Å². The average Bonchev–Trinajstić information content (AvgIpc) is 2.39. The summed E-state index contributed by atoms with van der Waals surface area (Å²) in [6, 6.07) is 6.19. The number of hydrogen-bond donors (Lipinski definition) is 1. The lowest BCUT2D eigenvalue weighted by Gasteiger charge is -2.14. The van der Waals surface area contributed by atoms with E-state index in [1.54, 1.807) is 0 Å². The third-order valence-electron chi connectivity index (χ3n) is 3.06. The first-order valence-corrected chi connectivity index (χ1v) is 6.10. The summed E-state index contributed by atoms with van der Waals surface area (Å²) in [7, 11) is 0. The van der Waals surface area contributed by atoms with Crippen molar-refractivity contribution in [2.75, 3.05) is 0 Å². The molecule has 0 aliphatic heterocycles.